The van der Waals surface area contributed by atoms with Gasteiger partial charge in [-0.15, -0.1) is 0 Å². The predicted molar refractivity (Wildman–Crippen MR) is 69.6 cm³/mol. The van der Waals surface area contributed by atoms with Crippen LogP contribution in [0, 0.1) is 6.92 Å². The first-order valence-electron chi connectivity index (χ1n) is 5.73. The van der Waals surface area contributed by atoms with E-state index in [-0.39, 0.29) is 0 Å². The molecule has 2 rings (SSSR count). The van der Waals surface area contributed by atoms with E-state index in [1.165, 1.54) is 25.7 Å². The van der Waals surface area contributed by atoms with Crippen LogP contribution in [0.25, 0.3) is 0 Å². The van der Waals surface area contributed by atoms with Crippen molar-refractivity contribution in [3.05, 3.63) is 11.9 Å². The van der Waals surface area contributed by atoms with Crippen molar-refractivity contribution in [3.8, 4) is 0 Å². The fraction of sp³-hybridized carbons (Fsp3) is 0.636. The fourth-order valence-electron chi connectivity index (χ4n) is 2.04. The highest BCUT2D eigenvalue weighted by Gasteiger charge is 2.15. The molecule has 0 radical (unpaired) electrons. The lowest BCUT2D eigenvalue weighted by molar-refractivity contribution is 0.634. The molecule has 0 unspecified atom stereocenters. The highest BCUT2D eigenvalue weighted by molar-refractivity contribution is 7.80. The predicted octanol–water partition coefficient (Wildman–Crippen LogP) is 1.96. The molecule has 1 aromatic rings. The Kier molecular flexibility index (Phi) is 3.43. The summed E-state index contributed by atoms with van der Waals surface area (Å²) in [6.07, 6.45) is 6.89. The molecular formula is C11H18N4S. The SMILES string of the molecule is Cc1c(NC(=S)NC2CCCC2)cnn1C. The highest BCUT2D eigenvalue weighted by Crippen LogP contribution is 2.18. The molecule has 1 heterocycles. The Morgan fingerprint density at radius 1 is 1.50 bits per heavy atom. The number of hydrogen-bond acceptors (Lipinski definition) is 2. The number of rotatable bonds is 2. The summed E-state index contributed by atoms with van der Waals surface area (Å²) in [5, 5.41) is 11.4. The molecule has 1 saturated carbocycles. The number of hydrogen-bond donors (Lipinski definition) is 2. The van der Waals surface area contributed by atoms with Crippen molar-refractivity contribution in [1.82, 2.24) is 15.1 Å². The van der Waals surface area contributed by atoms with Gasteiger partial charge in [0, 0.05) is 13.1 Å². The van der Waals surface area contributed by atoms with Crippen molar-refractivity contribution >= 4 is 23.0 Å². The van der Waals surface area contributed by atoms with Gasteiger partial charge in [-0.25, -0.2) is 0 Å². The third-order valence-corrected chi connectivity index (χ3v) is 3.39. The summed E-state index contributed by atoms with van der Waals surface area (Å²) in [5.41, 5.74) is 2.08. The number of thiocarbonyl (C=S) groups is 1. The zero-order chi connectivity index (χ0) is 11.5. The molecule has 1 fully saturated rings. The maximum absolute atomic E-state index is 5.28. The molecule has 2 N–H and O–H groups in total. The van der Waals surface area contributed by atoms with E-state index in [1.807, 2.05) is 18.7 Å². The summed E-state index contributed by atoms with van der Waals surface area (Å²) in [4.78, 5) is 0. The quantitative estimate of drug-likeness (QED) is 0.773. The van der Waals surface area contributed by atoms with Gasteiger partial charge in [-0.2, -0.15) is 5.10 Å². The van der Waals surface area contributed by atoms with E-state index in [0.717, 1.165) is 11.4 Å². The summed E-state index contributed by atoms with van der Waals surface area (Å²) in [7, 11) is 1.92. The molecule has 0 saturated heterocycles. The number of aryl methyl sites for hydroxylation is 1. The Labute approximate surface area is 101 Å². The topological polar surface area (TPSA) is 41.9 Å². The van der Waals surface area contributed by atoms with Gasteiger partial charge in [-0.05, 0) is 32.0 Å². The van der Waals surface area contributed by atoms with Gasteiger partial charge in [0.25, 0.3) is 0 Å². The van der Waals surface area contributed by atoms with E-state index in [9.17, 15) is 0 Å². The van der Waals surface area contributed by atoms with Crippen molar-refractivity contribution in [1.29, 1.82) is 0 Å². The Morgan fingerprint density at radius 3 is 2.75 bits per heavy atom. The van der Waals surface area contributed by atoms with Crippen LogP contribution in [0.2, 0.25) is 0 Å². The summed E-state index contributed by atoms with van der Waals surface area (Å²) in [5.74, 6) is 0. The Bertz CT molecular complexity index is 379. The van der Waals surface area contributed by atoms with Gasteiger partial charge in [-0.3, -0.25) is 4.68 Å². The molecule has 5 heteroatoms. The minimum atomic E-state index is 0.553. The molecular weight excluding hydrogens is 220 g/mol. The molecule has 0 atom stereocenters. The average Bonchev–Trinajstić information content (AvgIpc) is 2.83. The lowest BCUT2D eigenvalue weighted by Crippen LogP contribution is -2.36. The number of anilines is 1. The summed E-state index contributed by atoms with van der Waals surface area (Å²) < 4.78 is 1.83. The van der Waals surface area contributed by atoms with E-state index < -0.39 is 0 Å². The second-order valence-electron chi connectivity index (χ2n) is 4.35. The Hall–Kier alpha value is -1.10. The maximum Gasteiger partial charge on any atom is 0.171 e. The van der Waals surface area contributed by atoms with Gasteiger partial charge in [0.2, 0.25) is 0 Å². The number of nitrogens with one attached hydrogen (secondary N) is 2. The smallest absolute Gasteiger partial charge is 0.171 e. The molecule has 0 aliphatic heterocycles. The van der Waals surface area contributed by atoms with Gasteiger partial charge in [0.1, 0.15) is 0 Å². The van der Waals surface area contributed by atoms with Crippen molar-refractivity contribution in [2.45, 2.75) is 38.6 Å². The van der Waals surface area contributed by atoms with Crippen molar-refractivity contribution in [2.75, 3.05) is 5.32 Å². The first kappa shape index (κ1) is 11.4. The zero-order valence-electron chi connectivity index (χ0n) is 9.79. The zero-order valence-corrected chi connectivity index (χ0v) is 10.6. The Morgan fingerprint density at radius 2 is 2.19 bits per heavy atom. The van der Waals surface area contributed by atoms with Crippen molar-refractivity contribution < 1.29 is 0 Å². The molecule has 88 valence electrons. The van der Waals surface area contributed by atoms with Crippen LogP contribution in [0.3, 0.4) is 0 Å². The minimum absolute atomic E-state index is 0.553. The molecule has 0 spiro atoms. The number of nitrogens with zero attached hydrogens (tertiary/aromatic N) is 2. The largest absolute Gasteiger partial charge is 0.360 e. The lowest BCUT2D eigenvalue weighted by atomic mass is 10.2. The van der Waals surface area contributed by atoms with Crippen LogP contribution in [-0.2, 0) is 7.05 Å². The summed E-state index contributed by atoms with van der Waals surface area (Å²) >= 11 is 5.28. The van der Waals surface area contributed by atoms with Crippen LogP contribution < -0.4 is 10.6 Å². The first-order chi connectivity index (χ1) is 7.66. The molecule has 0 bridgehead atoms. The van der Waals surface area contributed by atoms with Crippen LogP contribution in [0.5, 0.6) is 0 Å². The van der Waals surface area contributed by atoms with E-state index >= 15 is 0 Å². The maximum atomic E-state index is 5.28. The van der Waals surface area contributed by atoms with E-state index in [2.05, 4.69) is 15.7 Å². The third kappa shape index (κ3) is 2.52. The normalized spacial score (nSPS) is 16.4. The fourth-order valence-corrected chi connectivity index (χ4v) is 2.31. The second kappa shape index (κ2) is 4.82. The molecule has 1 aliphatic rings. The van der Waals surface area contributed by atoms with Gasteiger partial charge >= 0.3 is 0 Å². The van der Waals surface area contributed by atoms with Gasteiger partial charge in [0.15, 0.2) is 5.11 Å². The molecule has 4 nitrogen and oxygen atoms in total. The van der Waals surface area contributed by atoms with Crippen LogP contribution in [-0.4, -0.2) is 20.9 Å². The average molecular weight is 238 g/mol. The number of aromatic nitrogens is 2. The third-order valence-electron chi connectivity index (χ3n) is 3.17. The second-order valence-corrected chi connectivity index (χ2v) is 4.76. The van der Waals surface area contributed by atoms with E-state index in [4.69, 9.17) is 12.2 Å². The monoisotopic (exact) mass is 238 g/mol. The molecule has 0 aromatic carbocycles. The van der Waals surface area contributed by atoms with Gasteiger partial charge < -0.3 is 10.6 Å². The summed E-state index contributed by atoms with van der Waals surface area (Å²) in [6, 6.07) is 0.553. The van der Waals surface area contributed by atoms with Crippen LogP contribution in [0.1, 0.15) is 31.4 Å². The summed E-state index contributed by atoms with van der Waals surface area (Å²) in [6.45, 7) is 2.02. The van der Waals surface area contributed by atoms with Crippen LogP contribution >= 0.6 is 12.2 Å². The van der Waals surface area contributed by atoms with Crippen LogP contribution in [0.4, 0.5) is 5.69 Å². The van der Waals surface area contributed by atoms with E-state index in [1.54, 1.807) is 6.20 Å². The standard InChI is InChI=1S/C11H18N4S/c1-8-10(7-12-15(8)2)14-11(16)13-9-5-3-4-6-9/h7,9H,3-6H2,1-2H3,(H2,13,14,16). The van der Waals surface area contributed by atoms with Crippen molar-refractivity contribution in [3.63, 3.8) is 0 Å². The van der Waals surface area contributed by atoms with Gasteiger partial charge in [-0.1, -0.05) is 12.8 Å². The van der Waals surface area contributed by atoms with Crippen molar-refractivity contribution in [2.24, 2.45) is 7.05 Å². The van der Waals surface area contributed by atoms with Gasteiger partial charge in [0.05, 0.1) is 17.6 Å². The van der Waals surface area contributed by atoms with Crippen LogP contribution in [0.15, 0.2) is 6.20 Å². The van der Waals surface area contributed by atoms with E-state index in [0.29, 0.717) is 11.2 Å². The Balaban J connectivity index is 1.89. The molecule has 16 heavy (non-hydrogen) atoms. The lowest BCUT2D eigenvalue weighted by Gasteiger charge is -2.15. The molecule has 0 amide bonds. The minimum Gasteiger partial charge on any atom is -0.360 e. The highest BCUT2D eigenvalue weighted by atomic mass is 32.1. The first-order valence-corrected chi connectivity index (χ1v) is 6.14. The molecule has 1 aromatic heterocycles. The molecule has 1 aliphatic carbocycles.